The predicted octanol–water partition coefficient (Wildman–Crippen LogP) is 1.78. The quantitative estimate of drug-likeness (QED) is 0.811. The van der Waals surface area contributed by atoms with Gasteiger partial charge in [-0.15, -0.1) is 0 Å². The molecule has 0 bridgehead atoms. The number of hydrogen-bond donors (Lipinski definition) is 0. The molecule has 1 saturated heterocycles. The Bertz CT molecular complexity index is 381. The van der Waals surface area contributed by atoms with Gasteiger partial charge in [-0.25, -0.2) is 0 Å². The van der Waals surface area contributed by atoms with E-state index in [1.807, 2.05) is 35.2 Å². The predicted molar refractivity (Wildman–Crippen MR) is 73.4 cm³/mol. The van der Waals surface area contributed by atoms with Crippen LogP contribution in [0.2, 0.25) is 0 Å². The maximum absolute atomic E-state index is 12.2. The van der Waals surface area contributed by atoms with Crippen molar-refractivity contribution in [2.75, 3.05) is 27.2 Å². The molecule has 0 spiro atoms. The first-order chi connectivity index (χ1) is 8.66. The number of carbonyl (C=O) groups excluding carboxylic acids is 1. The fraction of sp³-hybridized carbons (Fsp3) is 0.533. The summed E-state index contributed by atoms with van der Waals surface area (Å²) in [6.07, 6.45) is 2.72. The largest absolute Gasteiger partial charge is 0.342 e. The van der Waals surface area contributed by atoms with Crippen LogP contribution in [0.1, 0.15) is 18.4 Å². The molecule has 0 unspecified atom stereocenters. The minimum atomic E-state index is 0.262. The summed E-state index contributed by atoms with van der Waals surface area (Å²) in [5, 5.41) is 0. The second-order valence-corrected chi connectivity index (χ2v) is 5.24. The zero-order valence-electron chi connectivity index (χ0n) is 11.3. The molecule has 1 aromatic rings. The van der Waals surface area contributed by atoms with Gasteiger partial charge in [0.2, 0.25) is 5.91 Å². The summed E-state index contributed by atoms with van der Waals surface area (Å²) >= 11 is 0. The lowest BCUT2D eigenvalue weighted by Crippen LogP contribution is -2.44. The number of likely N-dealkylation sites (tertiary alicyclic amines) is 1. The van der Waals surface area contributed by atoms with Gasteiger partial charge < -0.3 is 9.80 Å². The van der Waals surface area contributed by atoms with E-state index in [-0.39, 0.29) is 5.91 Å². The van der Waals surface area contributed by atoms with Crippen molar-refractivity contribution in [3.05, 3.63) is 35.9 Å². The topological polar surface area (TPSA) is 23.6 Å². The molecule has 3 nitrogen and oxygen atoms in total. The lowest BCUT2D eigenvalue weighted by atomic mass is 10.0. The molecular weight excluding hydrogens is 224 g/mol. The third-order valence-corrected chi connectivity index (χ3v) is 3.75. The lowest BCUT2D eigenvalue weighted by Gasteiger charge is -2.35. The first-order valence-corrected chi connectivity index (χ1v) is 6.65. The van der Waals surface area contributed by atoms with Gasteiger partial charge in [0, 0.05) is 19.1 Å². The average molecular weight is 246 g/mol. The molecule has 1 amide bonds. The van der Waals surface area contributed by atoms with Crippen LogP contribution in [0.4, 0.5) is 0 Å². The lowest BCUT2D eigenvalue weighted by molar-refractivity contribution is -0.131. The highest BCUT2D eigenvalue weighted by molar-refractivity contribution is 5.78. The SMILES string of the molecule is CN(C)C1CCN(C(=O)Cc2ccccc2)CC1. The van der Waals surface area contributed by atoms with Gasteiger partial charge in [0.25, 0.3) is 0 Å². The van der Waals surface area contributed by atoms with Gasteiger partial charge in [0.15, 0.2) is 0 Å². The Morgan fingerprint density at radius 3 is 2.39 bits per heavy atom. The van der Waals surface area contributed by atoms with Crippen molar-refractivity contribution in [2.24, 2.45) is 0 Å². The van der Waals surface area contributed by atoms with Crippen LogP contribution in [-0.2, 0) is 11.2 Å². The van der Waals surface area contributed by atoms with Gasteiger partial charge in [0.1, 0.15) is 0 Å². The van der Waals surface area contributed by atoms with Crippen LogP contribution in [0.15, 0.2) is 30.3 Å². The van der Waals surface area contributed by atoms with Gasteiger partial charge in [-0.3, -0.25) is 4.79 Å². The van der Waals surface area contributed by atoms with E-state index in [4.69, 9.17) is 0 Å². The number of nitrogens with zero attached hydrogens (tertiary/aromatic N) is 2. The van der Waals surface area contributed by atoms with Gasteiger partial charge in [0.05, 0.1) is 6.42 Å². The molecule has 98 valence electrons. The molecule has 0 aromatic heterocycles. The number of benzene rings is 1. The summed E-state index contributed by atoms with van der Waals surface area (Å²) in [6.45, 7) is 1.79. The number of amides is 1. The maximum Gasteiger partial charge on any atom is 0.226 e. The van der Waals surface area contributed by atoms with Gasteiger partial charge in [-0.1, -0.05) is 30.3 Å². The third-order valence-electron chi connectivity index (χ3n) is 3.75. The summed E-state index contributed by atoms with van der Waals surface area (Å²) in [5.41, 5.74) is 1.11. The molecular formula is C15H22N2O. The van der Waals surface area contributed by atoms with Crippen molar-refractivity contribution in [1.82, 2.24) is 9.80 Å². The number of piperidine rings is 1. The Hall–Kier alpha value is -1.35. The summed E-state index contributed by atoms with van der Waals surface area (Å²) in [6, 6.07) is 10.6. The number of carbonyl (C=O) groups is 1. The van der Waals surface area contributed by atoms with Gasteiger partial charge in [-0.05, 0) is 32.5 Å². The molecule has 0 saturated carbocycles. The van der Waals surface area contributed by atoms with Crippen LogP contribution >= 0.6 is 0 Å². The van der Waals surface area contributed by atoms with Crippen molar-refractivity contribution in [1.29, 1.82) is 0 Å². The molecule has 1 heterocycles. The van der Waals surface area contributed by atoms with Crippen molar-refractivity contribution in [3.63, 3.8) is 0 Å². The highest BCUT2D eigenvalue weighted by Crippen LogP contribution is 2.15. The standard InChI is InChI=1S/C15H22N2O/c1-16(2)14-8-10-17(11-9-14)15(18)12-13-6-4-3-5-7-13/h3-7,14H,8-12H2,1-2H3. The first-order valence-electron chi connectivity index (χ1n) is 6.65. The summed E-state index contributed by atoms with van der Waals surface area (Å²) in [7, 11) is 4.23. The van der Waals surface area contributed by atoms with Gasteiger partial charge in [-0.2, -0.15) is 0 Å². The summed E-state index contributed by atoms with van der Waals surface area (Å²) < 4.78 is 0. The molecule has 2 rings (SSSR count). The van der Waals surface area contributed by atoms with E-state index in [1.165, 1.54) is 0 Å². The number of hydrogen-bond acceptors (Lipinski definition) is 2. The Kier molecular flexibility index (Phi) is 4.37. The van der Waals surface area contributed by atoms with E-state index in [0.717, 1.165) is 31.5 Å². The Labute approximate surface area is 109 Å². The molecule has 1 aromatic carbocycles. The minimum absolute atomic E-state index is 0.262. The van der Waals surface area contributed by atoms with E-state index >= 15 is 0 Å². The van der Waals surface area contributed by atoms with Crippen molar-refractivity contribution in [2.45, 2.75) is 25.3 Å². The fourth-order valence-corrected chi connectivity index (χ4v) is 2.51. The van der Waals surface area contributed by atoms with Crippen LogP contribution in [0.5, 0.6) is 0 Å². The Morgan fingerprint density at radius 1 is 1.22 bits per heavy atom. The van der Waals surface area contributed by atoms with Crippen LogP contribution in [0.3, 0.4) is 0 Å². The highest BCUT2D eigenvalue weighted by atomic mass is 16.2. The highest BCUT2D eigenvalue weighted by Gasteiger charge is 2.23. The van der Waals surface area contributed by atoms with Crippen LogP contribution in [0.25, 0.3) is 0 Å². The van der Waals surface area contributed by atoms with Crippen LogP contribution < -0.4 is 0 Å². The molecule has 18 heavy (non-hydrogen) atoms. The zero-order chi connectivity index (χ0) is 13.0. The van der Waals surface area contributed by atoms with Crippen LogP contribution in [-0.4, -0.2) is 48.9 Å². The second-order valence-electron chi connectivity index (χ2n) is 5.24. The molecule has 1 aliphatic rings. The van der Waals surface area contributed by atoms with Crippen molar-refractivity contribution < 1.29 is 4.79 Å². The van der Waals surface area contributed by atoms with E-state index in [9.17, 15) is 4.79 Å². The smallest absolute Gasteiger partial charge is 0.226 e. The first kappa shape index (κ1) is 13.1. The maximum atomic E-state index is 12.2. The Morgan fingerprint density at radius 2 is 1.83 bits per heavy atom. The second kappa shape index (κ2) is 6.01. The third kappa shape index (κ3) is 3.33. The number of rotatable bonds is 3. The summed E-state index contributed by atoms with van der Waals surface area (Å²) in [5.74, 6) is 0.262. The molecule has 0 atom stereocenters. The van der Waals surface area contributed by atoms with Crippen molar-refractivity contribution >= 4 is 5.91 Å². The summed E-state index contributed by atoms with van der Waals surface area (Å²) in [4.78, 5) is 16.4. The molecule has 1 aliphatic heterocycles. The molecule has 3 heteroatoms. The van der Waals surface area contributed by atoms with E-state index in [1.54, 1.807) is 0 Å². The zero-order valence-corrected chi connectivity index (χ0v) is 11.3. The monoisotopic (exact) mass is 246 g/mol. The molecule has 0 aliphatic carbocycles. The average Bonchev–Trinajstić information content (AvgIpc) is 2.40. The minimum Gasteiger partial charge on any atom is -0.342 e. The van der Waals surface area contributed by atoms with E-state index in [2.05, 4.69) is 19.0 Å². The normalized spacial score (nSPS) is 17.2. The molecule has 1 fully saturated rings. The molecule has 0 N–H and O–H groups in total. The van der Waals surface area contributed by atoms with Crippen molar-refractivity contribution in [3.8, 4) is 0 Å². The van der Waals surface area contributed by atoms with E-state index in [0.29, 0.717) is 12.5 Å². The van der Waals surface area contributed by atoms with E-state index < -0.39 is 0 Å². The molecule has 0 radical (unpaired) electrons. The Balaban J connectivity index is 1.85. The van der Waals surface area contributed by atoms with Crippen LogP contribution in [0, 0.1) is 0 Å². The fourth-order valence-electron chi connectivity index (χ4n) is 2.51. The van der Waals surface area contributed by atoms with Gasteiger partial charge >= 0.3 is 0 Å².